The summed E-state index contributed by atoms with van der Waals surface area (Å²) in [5, 5.41) is 58.6. The smallest absolute Gasteiger partial charge is 0.338 e. The monoisotopic (exact) mass is 1040 g/mol. The van der Waals surface area contributed by atoms with Gasteiger partial charge in [0.2, 0.25) is 0 Å². The molecule has 19 heteroatoms. The van der Waals surface area contributed by atoms with Crippen molar-refractivity contribution in [2.75, 3.05) is 20.3 Å². The number of aliphatic hydroxyl groups is 4. The highest BCUT2D eigenvalue weighted by atomic mass is 16.7. The Morgan fingerprint density at radius 1 is 0.838 bits per heavy atom. The number of non-ortho nitro benzene ring substituents is 1. The Bertz CT molecular complexity index is 2390. The number of rotatable bonds is 17. The number of esters is 3. The number of aliphatic hydroxyl groups excluding tert-OH is 3. The van der Waals surface area contributed by atoms with Crippen molar-refractivity contribution >= 4 is 29.4 Å². The Hall–Kier alpha value is -4.86. The average Bonchev–Trinajstić information content (AvgIpc) is 3.59. The molecule has 2 heterocycles. The summed E-state index contributed by atoms with van der Waals surface area (Å²) in [7, 11) is 1.46. The molecule has 4 N–H and O–H groups in total. The Labute approximate surface area is 431 Å². The number of fused-ring (bicyclic) bond motifs is 5. The van der Waals surface area contributed by atoms with Crippen LogP contribution in [-0.4, -0.2) is 130 Å². The van der Waals surface area contributed by atoms with Gasteiger partial charge in [0.05, 0.1) is 55.5 Å². The molecule has 406 valence electrons. The van der Waals surface area contributed by atoms with Crippen LogP contribution in [0.3, 0.4) is 0 Å². The Morgan fingerprint density at radius 3 is 2.15 bits per heavy atom. The van der Waals surface area contributed by atoms with Crippen LogP contribution in [0.5, 0.6) is 11.5 Å². The molecule has 6 aliphatic rings. The third-order valence-electron chi connectivity index (χ3n) is 17.6. The van der Waals surface area contributed by atoms with Crippen molar-refractivity contribution in [2.45, 2.75) is 167 Å². The molecule has 3 saturated carbocycles. The second kappa shape index (κ2) is 22.4. The number of ether oxygens (including phenoxy) is 8. The summed E-state index contributed by atoms with van der Waals surface area (Å²) in [6.07, 6.45) is -4.91. The minimum atomic E-state index is -1.74. The largest absolute Gasteiger partial charge is 0.497 e. The van der Waals surface area contributed by atoms with E-state index in [-0.39, 0.29) is 64.4 Å². The fourth-order valence-corrected chi connectivity index (χ4v) is 13.4. The zero-order valence-electron chi connectivity index (χ0n) is 43.3. The highest BCUT2D eigenvalue weighted by molar-refractivity contribution is 5.89. The van der Waals surface area contributed by atoms with Gasteiger partial charge in [0.15, 0.2) is 24.8 Å². The number of nitro benzene ring substituents is 1. The Kier molecular flexibility index (Phi) is 16.8. The van der Waals surface area contributed by atoms with Crippen LogP contribution in [0, 0.1) is 56.5 Å². The molecule has 0 spiro atoms. The SMILES string of the molecule is COc1ccc(C(=O)OC2C(OC3C(O)COC(O[C@H]4C[C@H]5[C@@H]6CC=C7C[C@@H](O)CC[C@]7(C)C6CC[C@]5(C)[C@@]4(O)[C@H](C)C(=O)CCC(C)C)C3OC(C)=O)OCC(O)C2CC(=O)Oc2ccc([N+](=O)[O-])cc2)cc1. The normalized spacial score (nSPS) is 37.0. The lowest BCUT2D eigenvalue weighted by Crippen LogP contribution is -2.64. The second-order valence-corrected chi connectivity index (χ2v) is 22.3. The van der Waals surface area contributed by atoms with Crippen LogP contribution in [0.4, 0.5) is 5.69 Å². The van der Waals surface area contributed by atoms with E-state index >= 15 is 0 Å². The molecule has 2 aromatic carbocycles. The number of ketones is 1. The van der Waals surface area contributed by atoms with E-state index in [1.165, 1.54) is 49.1 Å². The summed E-state index contributed by atoms with van der Waals surface area (Å²) in [5.41, 5.74) is -1.56. The van der Waals surface area contributed by atoms with Gasteiger partial charge in [-0.2, -0.15) is 0 Å². The average molecular weight is 1040 g/mol. The lowest BCUT2D eigenvalue weighted by Gasteiger charge is -2.59. The van der Waals surface area contributed by atoms with E-state index < -0.39 is 115 Å². The van der Waals surface area contributed by atoms with Gasteiger partial charge in [0.1, 0.15) is 35.1 Å². The van der Waals surface area contributed by atoms with Gasteiger partial charge in [-0.3, -0.25) is 24.5 Å². The lowest BCUT2D eigenvalue weighted by molar-refractivity contribution is -0.384. The van der Waals surface area contributed by atoms with Gasteiger partial charge in [-0.15, -0.1) is 0 Å². The Balaban J connectivity index is 1.10. The maximum Gasteiger partial charge on any atom is 0.338 e. The van der Waals surface area contributed by atoms with Gasteiger partial charge < -0.3 is 58.3 Å². The fourth-order valence-electron chi connectivity index (χ4n) is 13.4. The summed E-state index contributed by atoms with van der Waals surface area (Å²) < 4.78 is 48.3. The van der Waals surface area contributed by atoms with E-state index in [4.69, 9.17) is 37.9 Å². The Morgan fingerprint density at radius 2 is 1.50 bits per heavy atom. The van der Waals surface area contributed by atoms with Crippen molar-refractivity contribution < 1.29 is 82.4 Å². The summed E-state index contributed by atoms with van der Waals surface area (Å²) in [6.45, 7) is 10.5. The highest BCUT2D eigenvalue weighted by Gasteiger charge is 2.70. The minimum absolute atomic E-state index is 0.0252. The molecule has 17 atom stereocenters. The van der Waals surface area contributed by atoms with E-state index in [9.17, 15) is 49.7 Å². The molecule has 9 unspecified atom stereocenters. The first-order chi connectivity index (χ1) is 35.1. The number of nitro groups is 1. The number of carbonyl (C=O) groups excluding carboxylic acids is 4. The summed E-state index contributed by atoms with van der Waals surface area (Å²) in [5.74, 6) is -3.91. The maximum atomic E-state index is 14.3. The molecular formula is C55H73NO18. The van der Waals surface area contributed by atoms with Crippen molar-refractivity contribution in [2.24, 2.45) is 46.3 Å². The molecule has 74 heavy (non-hydrogen) atoms. The van der Waals surface area contributed by atoms with Crippen LogP contribution in [0.2, 0.25) is 0 Å². The highest BCUT2D eigenvalue weighted by Crippen LogP contribution is 2.69. The predicted octanol–water partition coefficient (Wildman–Crippen LogP) is 6.18. The lowest BCUT2D eigenvalue weighted by atomic mass is 9.46. The number of carbonyl (C=O) groups is 4. The second-order valence-electron chi connectivity index (χ2n) is 22.3. The predicted molar refractivity (Wildman–Crippen MR) is 262 cm³/mol. The molecule has 8 rings (SSSR count). The van der Waals surface area contributed by atoms with Gasteiger partial charge in [0.25, 0.3) is 5.69 Å². The van der Waals surface area contributed by atoms with Crippen LogP contribution < -0.4 is 9.47 Å². The van der Waals surface area contributed by atoms with Gasteiger partial charge in [0, 0.05) is 42.7 Å². The number of benzene rings is 2. The van der Waals surface area contributed by atoms with Crippen molar-refractivity contribution in [3.63, 3.8) is 0 Å². The van der Waals surface area contributed by atoms with Crippen LogP contribution in [0.15, 0.2) is 60.2 Å². The zero-order valence-corrected chi connectivity index (χ0v) is 43.3. The summed E-state index contributed by atoms with van der Waals surface area (Å²) >= 11 is 0. The van der Waals surface area contributed by atoms with E-state index in [2.05, 4.69) is 19.9 Å². The quantitative estimate of drug-likeness (QED) is 0.0453. The molecule has 0 amide bonds. The van der Waals surface area contributed by atoms with Crippen molar-refractivity contribution in [1.29, 1.82) is 0 Å². The third-order valence-corrected chi connectivity index (χ3v) is 17.6. The van der Waals surface area contributed by atoms with Crippen LogP contribution in [-0.2, 0) is 42.8 Å². The first-order valence-corrected chi connectivity index (χ1v) is 26.1. The van der Waals surface area contributed by atoms with E-state index in [1.807, 2.05) is 13.8 Å². The molecule has 19 nitrogen and oxygen atoms in total. The number of allylic oxidation sites excluding steroid dienone is 1. The number of hydrogen-bond acceptors (Lipinski definition) is 18. The van der Waals surface area contributed by atoms with Gasteiger partial charge >= 0.3 is 17.9 Å². The first-order valence-electron chi connectivity index (χ1n) is 26.1. The van der Waals surface area contributed by atoms with Gasteiger partial charge in [-0.05, 0) is 117 Å². The molecule has 0 bridgehead atoms. The molecular weight excluding hydrogens is 963 g/mol. The molecule has 2 aromatic rings. The molecule has 5 fully saturated rings. The molecule has 4 aliphatic carbocycles. The zero-order chi connectivity index (χ0) is 53.4. The van der Waals surface area contributed by atoms with E-state index in [0.29, 0.717) is 37.9 Å². The van der Waals surface area contributed by atoms with Crippen molar-refractivity contribution in [3.05, 3.63) is 75.9 Å². The van der Waals surface area contributed by atoms with E-state index in [0.717, 1.165) is 38.3 Å². The molecule has 0 aromatic heterocycles. The maximum absolute atomic E-state index is 14.3. The van der Waals surface area contributed by atoms with Crippen molar-refractivity contribution in [3.8, 4) is 11.5 Å². The van der Waals surface area contributed by atoms with Gasteiger partial charge in [-0.25, -0.2) is 4.79 Å². The summed E-state index contributed by atoms with van der Waals surface area (Å²) in [4.78, 5) is 65.5. The first kappa shape index (κ1) is 55.4. The van der Waals surface area contributed by atoms with E-state index in [1.54, 1.807) is 6.92 Å². The fraction of sp³-hybridized carbons (Fsp3) is 0.673. The molecule has 0 radical (unpaired) electrons. The van der Waals surface area contributed by atoms with Crippen LogP contribution in [0.1, 0.15) is 116 Å². The van der Waals surface area contributed by atoms with Crippen molar-refractivity contribution in [1.82, 2.24) is 0 Å². The topological polar surface area (TPSA) is 266 Å². The van der Waals surface area contributed by atoms with Crippen LogP contribution in [0.25, 0.3) is 0 Å². The number of methoxy groups -OCH3 is 1. The number of Topliss-reactive ketones (excluding diaryl/α,β-unsaturated/α-hetero) is 1. The third kappa shape index (κ3) is 10.9. The van der Waals surface area contributed by atoms with Crippen LogP contribution >= 0.6 is 0 Å². The summed E-state index contributed by atoms with van der Waals surface area (Å²) in [6, 6.07) is 10.7. The minimum Gasteiger partial charge on any atom is -0.497 e. The molecule has 2 saturated heterocycles. The molecule has 2 aliphatic heterocycles. The van der Waals surface area contributed by atoms with Gasteiger partial charge in [-0.1, -0.05) is 46.3 Å². The standard InChI is InChI=1S/C55H73NO18/c1-29(2)8-19-42(59)30(3)55(64)45(26-41-38-18-11-33-24-35(58)20-22-53(33,5)40(38)21-23-54(41,55)6)72-52-49(70-31(4)57)48(44(61)28-69-52)74-51-47(73-50(63)32-9-14-36(67-7)15-10-32)39(43(60)27-68-51)25-46(62)71-37-16-12-34(13-17-37)56(65)66/h9-17,29-30,35,38-41,43-45,47-49,51-52,58,60-61,64H,8,18-28H2,1-7H3/t30-,35+,38-,39?,40?,41+,43?,44?,45+,47?,48?,49?,51?,52?,53+,54+,55-/m1/s1. The number of hydrogen-bond donors (Lipinski definition) is 4. The number of nitrogens with zero attached hydrogens (tertiary/aromatic N) is 1.